The molecular weight excluding hydrogens is 216 g/mol. The highest BCUT2D eigenvalue weighted by atomic mass is 35.5. The fourth-order valence-electron chi connectivity index (χ4n) is 1.24. The molecule has 0 heterocycles. The lowest BCUT2D eigenvalue weighted by molar-refractivity contribution is -0.133. The Labute approximate surface area is 92.9 Å². The van der Waals surface area contributed by atoms with Crippen LogP contribution < -0.4 is 0 Å². The van der Waals surface area contributed by atoms with Crippen LogP contribution in [0.15, 0.2) is 30.5 Å². The van der Waals surface area contributed by atoms with Crippen LogP contribution in [0, 0.1) is 0 Å². The number of hydrogen-bond acceptors (Lipinski definition) is 3. The molecule has 0 unspecified atom stereocenters. The van der Waals surface area contributed by atoms with Gasteiger partial charge in [-0.2, -0.15) is 0 Å². The van der Waals surface area contributed by atoms with Crippen molar-refractivity contribution < 1.29 is 14.6 Å². The van der Waals surface area contributed by atoms with E-state index in [0.29, 0.717) is 5.56 Å². The second-order valence-corrected chi connectivity index (χ2v) is 3.09. The van der Waals surface area contributed by atoms with E-state index in [2.05, 4.69) is 4.74 Å². The first-order chi connectivity index (χ1) is 7.24. The molecular formula is C11H11ClO3. The second kappa shape index (κ2) is 5.41. The Bertz CT molecular complexity index is 385. The zero-order chi connectivity index (χ0) is 11.3. The second-order valence-electron chi connectivity index (χ2n) is 2.83. The van der Waals surface area contributed by atoms with Gasteiger partial charge in [-0.3, -0.25) is 0 Å². The fraction of sp³-hybridized carbons (Fsp3) is 0.182. The number of halogens is 1. The van der Waals surface area contributed by atoms with Gasteiger partial charge < -0.3 is 9.84 Å². The average molecular weight is 227 g/mol. The Balaban J connectivity index is 3.18. The van der Waals surface area contributed by atoms with Gasteiger partial charge in [-0.1, -0.05) is 24.3 Å². The number of hydrogen-bond donors (Lipinski definition) is 1. The summed E-state index contributed by atoms with van der Waals surface area (Å²) in [5, 5.41) is 8.99. The minimum atomic E-state index is -0.588. The molecule has 1 rings (SSSR count). The molecule has 0 aliphatic rings. The van der Waals surface area contributed by atoms with Crippen LogP contribution in [0.25, 0.3) is 5.57 Å². The zero-order valence-corrected chi connectivity index (χ0v) is 8.99. The van der Waals surface area contributed by atoms with Crippen molar-refractivity contribution in [2.75, 3.05) is 7.11 Å². The van der Waals surface area contributed by atoms with Crippen molar-refractivity contribution in [3.05, 3.63) is 41.7 Å². The van der Waals surface area contributed by atoms with Gasteiger partial charge in [-0.05, 0) is 11.1 Å². The molecule has 1 aromatic rings. The van der Waals surface area contributed by atoms with E-state index in [1.165, 1.54) is 7.11 Å². The predicted molar refractivity (Wildman–Crippen MR) is 58.6 cm³/mol. The van der Waals surface area contributed by atoms with Crippen molar-refractivity contribution in [1.82, 2.24) is 0 Å². The predicted octanol–water partition coefficient (Wildman–Crippen LogP) is 2.50. The van der Waals surface area contributed by atoms with Crippen molar-refractivity contribution in [3.63, 3.8) is 0 Å². The quantitative estimate of drug-likeness (QED) is 0.373. The lowest BCUT2D eigenvalue weighted by Crippen LogP contribution is -2.05. The summed E-state index contributed by atoms with van der Waals surface area (Å²) in [6.45, 7) is 0. The molecule has 0 amide bonds. The number of aliphatic hydroxyl groups excluding tert-OH is 1. The summed E-state index contributed by atoms with van der Waals surface area (Å²) in [6.07, 6.45) is 0.733. The van der Waals surface area contributed by atoms with Gasteiger partial charge >= 0.3 is 5.97 Å². The lowest BCUT2D eigenvalue weighted by Gasteiger charge is -2.08. The molecule has 1 N–H and O–H groups in total. The number of rotatable bonds is 3. The topological polar surface area (TPSA) is 46.5 Å². The van der Waals surface area contributed by atoms with Gasteiger partial charge in [-0.25, -0.2) is 4.79 Å². The monoisotopic (exact) mass is 226 g/mol. The molecule has 0 aliphatic carbocycles. The molecule has 0 saturated heterocycles. The van der Waals surface area contributed by atoms with Crippen LogP contribution in [0.1, 0.15) is 11.1 Å². The fourth-order valence-corrected chi connectivity index (χ4v) is 1.47. The van der Waals surface area contributed by atoms with Crippen LogP contribution in [0.3, 0.4) is 0 Å². The molecule has 80 valence electrons. The number of alkyl halides is 1. The van der Waals surface area contributed by atoms with Crippen molar-refractivity contribution >= 4 is 23.1 Å². The summed E-state index contributed by atoms with van der Waals surface area (Å²) in [6, 6.07) is 7.07. The SMILES string of the molecule is COC(=O)/C(=C\O)c1ccccc1CCl. The van der Waals surface area contributed by atoms with Crippen LogP contribution in [-0.4, -0.2) is 18.2 Å². The van der Waals surface area contributed by atoms with E-state index in [4.69, 9.17) is 16.7 Å². The molecule has 0 spiro atoms. The number of carbonyl (C=O) groups excluding carboxylic acids is 1. The first kappa shape index (κ1) is 11.6. The molecule has 0 saturated carbocycles. The minimum absolute atomic E-state index is 0.105. The molecule has 0 bridgehead atoms. The van der Waals surface area contributed by atoms with Gasteiger partial charge in [-0.15, -0.1) is 11.6 Å². The van der Waals surface area contributed by atoms with Gasteiger partial charge in [0.05, 0.1) is 13.4 Å². The molecule has 0 radical (unpaired) electrons. The standard InChI is InChI=1S/C11H11ClO3/c1-15-11(14)10(7-13)9-5-3-2-4-8(9)6-12/h2-5,7,13H,6H2,1H3/b10-7-. The van der Waals surface area contributed by atoms with Gasteiger partial charge in [0.25, 0.3) is 0 Å². The molecule has 0 atom stereocenters. The molecule has 4 heteroatoms. The molecule has 15 heavy (non-hydrogen) atoms. The van der Waals surface area contributed by atoms with E-state index < -0.39 is 5.97 Å². The number of benzene rings is 1. The summed E-state index contributed by atoms with van der Waals surface area (Å²) in [4.78, 5) is 11.3. The van der Waals surface area contributed by atoms with E-state index >= 15 is 0 Å². The molecule has 0 aliphatic heterocycles. The largest absolute Gasteiger partial charge is 0.515 e. The highest BCUT2D eigenvalue weighted by molar-refractivity contribution is 6.19. The van der Waals surface area contributed by atoms with E-state index in [9.17, 15) is 4.79 Å². The first-order valence-electron chi connectivity index (χ1n) is 4.31. The van der Waals surface area contributed by atoms with Crippen molar-refractivity contribution in [1.29, 1.82) is 0 Å². The highest BCUT2D eigenvalue weighted by Gasteiger charge is 2.15. The number of ether oxygens (including phenoxy) is 1. The third-order valence-corrected chi connectivity index (χ3v) is 2.27. The number of methoxy groups -OCH3 is 1. The number of carbonyl (C=O) groups is 1. The molecule has 0 aromatic heterocycles. The lowest BCUT2D eigenvalue weighted by atomic mass is 10.0. The Hall–Kier alpha value is -1.48. The smallest absolute Gasteiger partial charge is 0.341 e. The maximum atomic E-state index is 11.3. The Morgan fingerprint density at radius 3 is 2.73 bits per heavy atom. The van der Waals surface area contributed by atoms with Crippen LogP contribution >= 0.6 is 11.6 Å². The summed E-state index contributed by atoms with van der Waals surface area (Å²) in [5.41, 5.74) is 1.46. The van der Waals surface area contributed by atoms with Crippen molar-refractivity contribution in [2.24, 2.45) is 0 Å². The normalized spacial score (nSPS) is 11.2. The Morgan fingerprint density at radius 2 is 2.20 bits per heavy atom. The van der Waals surface area contributed by atoms with Crippen molar-refractivity contribution in [2.45, 2.75) is 5.88 Å². The summed E-state index contributed by atoms with van der Waals surface area (Å²) in [5.74, 6) is -0.320. The summed E-state index contributed by atoms with van der Waals surface area (Å²) >= 11 is 5.72. The highest BCUT2D eigenvalue weighted by Crippen LogP contribution is 2.21. The molecule has 0 fully saturated rings. The number of esters is 1. The van der Waals surface area contributed by atoms with Crippen LogP contribution in [0.4, 0.5) is 0 Å². The first-order valence-corrected chi connectivity index (χ1v) is 4.85. The van der Waals surface area contributed by atoms with Gasteiger partial charge in [0.15, 0.2) is 0 Å². The Morgan fingerprint density at radius 1 is 1.53 bits per heavy atom. The Kier molecular flexibility index (Phi) is 4.18. The van der Waals surface area contributed by atoms with Crippen LogP contribution in [-0.2, 0) is 15.4 Å². The summed E-state index contributed by atoms with van der Waals surface area (Å²) < 4.78 is 4.55. The van der Waals surface area contributed by atoms with Crippen molar-refractivity contribution in [3.8, 4) is 0 Å². The van der Waals surface area contributed by atoms with Gasteiger partial charge in [0, 0.05) is 5.88 Å². The van der Waals surface area contributed by atoms with E-state index in [1.807, 2.05) is 6.07 Å². The minimum Gasteiger partial charge on any atom is -0.515 e. The zero-order valence-electron chi connectivity index (χ0n) is 8.24. The van der Waals surface area contributed by atoms with Crippen LogP contribution in [0.5, 0.6) is 0 Å². The average Bonchev–Trinajstić information content (AvgIpc) is 2.30. The molecule has 3 nitrogen and oxygen atoms in total. The molecule has 1 aromatic carbocycles. The van der Waals surface area contributed by atoms with E-state index in [0.717, 1.165) is 11.8 Å². The van der Waals surface area contributed by atoms with Gasteiger partial charge in [0.2, 0.25) is 0 Å². The summed E-state index contributed by atoms with van der Waals surface area (Å²) in [7, 11) is 1.26. The third kappa shape index (κ3) is 2.50. The number of aliphatic hydroxyl groups is 1. The van der Waals surface area contributed by atoms with Crippen LogP contribution in [0.2, 0.25) is 0 Å². The third-order valence-electron chi connectivity index (χ3n) is 1.99. The maximum absolute atomic E-state index is 11.3. The van der Waals surface area contributed by atoms with E-state index in [-0.39, 0.29) is 11.5 Å². The van der Waals surface area contributed by atoms with Gasteiger partial charge in [0.1, 0.15) is 5.57 Å². The van der Waals surface area contributed by atoms with E-state index in [1.54, 1.807) is 18.2 Å². The maximum Gasteiger partial charge on any atom is 0.341 e.